The second kappa shape index (κ2) is 21.2. The van der Waals surface area contributed by atoms with Crippen LogP contribution in [0.5, 0.6) is 0 Å². The molecule has 0 rings (SSSR count). The van der Waals surface area contributed by atoms with Gasteiger partial charge < -0.3 is 25.2 Å². The lowest BCUT2D eigenvalue weighted by Gasteiger charge is -2.08. The van der Waals surface area contributed by atoms with Crippen LogP contribution in [0.2, 0.25) is 0 Å². The highest BCUT2D eigenvalue weighted by Crippen LogP contribution is 2.06. The Bertz CT molecular complexity index is 577. The molecule has 0 aromatic carbocycles. The first-order valence-corrected chi connectivity index (χ1v) is 11.1. The Morgan fingerprint density at radius 3 is 2.23 bits per heavy atom. The first-order valence-electron chi connectivity index (χ1n) is 11.1. The molecular weight excluding hydrogens is 396 g/mol. The van der Waals surface area contributed by atoms with Crippen molar-refractivity contribution in [3.05, 3.63) is 60.8 Å². The second-order valence-electron chi connectivity index (χ2n) is 7.23. The van der Waals surface area contributed by atoms with Crippen molar-refractivity contribution in [2.75, 3.05) is 13.2 Å². The summed E-state index contributed by atoms with van der Waals surface area (Å²) in [4.78, 5) is 11.4. The zero-order valence-corrected chi connectivity index (χ0v) is 18.7. The minimum atomic E-state index is -1.00. The molecule has 176 valence electrons. The van der Waals surface area contributed by atoms with Gasteiger partial charge in [0.25, 0.3) is 0 Å². The van der Waals surface area contributed by atoms with Gasteiger partial charge in [-0.25, -0.2) is 0 Å². The third-order valence-electron chi connectivity index (χ3n) is 4.30. The monoisotopic (exact) mass is 436 g/mol. The van der Waals surface area contributed by atoms with Gasteiger partial charge in [-0.1, -0.05) is 74.1 Å². The molecule has 3 unspecified atom stereocenters. The summed E-state index contributed by atoms with van der Waals surface area (Å²) in [6.45, 7) is 1.35. The van der Waals surface area contributed by atoms with Crippen LogP contribution >= 0.6 is 0 Å². The average molecular weight is 437 g/mol. The molecule has 6 heteroatoms. The molecule has 31 heavy (non-hydrogen) atoms. The number of ether oxygens (including phenoxy) is 1. The quantitative estimate of drug-likeness (QED) is 0.113. The summed E-state index contributed by atoms with van der Waals surface area (Å²) < 4.78 is 4.84. The molecule has 0 bridgehead atoms. The van der Waals surface area contributed by atoms with Gasteiger partial charge in [-0.2, -0.15) is 0 Å². The molecule has 0 saturated heterocycles. The average Bonchev–Trinajstić information content (AvgIpc) is 2.77. The van der Waals surface area contributed by atoms with E-state index in [1.54, 1.807) is 24.3 Å². The number of allylic oxidation sites excluding steroid dienone is 7. The molecule has 0 spiro atoms. The van der Waals surface area contributed by atoms with E-state index in [0.29, 0.717) is 19.3 Å². The largest absolute Gasteiger partial charge is 0.463 e. The molecule has 0 amide bonds. The lowest BCUT2D eigenvalue weighted by molar-refractivity contribution is -0.147. The lowest BCUT2D eigenvalue weighted by atomic mass is 10.1. The highest BCUT2D eigenvalue weighted by Gasteiger charge is 2.07. The van der Waals surface area contributed by atoms with Crippen LogP contribution in [0, 0.1) is 0 Å². The fourth-order valence-electron chi connectivity index (χ4n) is 2.37. The van der Waals surface area contributed by atoms with E-state index < -0.39 is 24.9 Å². The normalized spacial score (nSPS) is 15.6. The summed E-state index contributed by atoms with van der Waals surface area (Å²) in [5, 5.41) is 37.0. The van der Waals surface area contributed by atoms with Crippen molar-refractivity contribution in [1.29, 1.82) is 0 Å². The predicted octanol–water partition coefficient (Wildman–Crippen LogP) is 3.53. The van der Waals surface area contributed by atoms with Crippen LogP contribution in [0.4, 0.5) is 0 Å². The number of hydrogen-bond donors (Lipinski definition) is 4. The molecule has 0 aromatic heterocycles. The molecule has 0 aliphatic rings. The Morgan fingerprint density at radius 1 is 0.871 bits per heavy atom. The maximum absolute atomic E-state index is 11.4. The Morgan fingerprint density at radius 2 is 1.55 bits per heavy atom. The van der Waals surface area contributed by atoms with Crippen LogP contribution in [0.1, 0.15) is 58.3 Å². The van der Waals surface area contributed by atoms with E-state index in [4.69, 9.17) is 14.9 Å². The molecule has 0 radical (unpaired) electrons. The molecule has 0 aromatic rings. The molecule has 6 nitrogen and oxygen atoms in total. The number of aliphatic hydroxyl groups excluding tert-OH is 4. The van der Waals surface area contributed by atoms with Crippen molar-refractivity contribution in [3.63, 3.8) is 0 Å². The molecule has 0 heterocycles. The first kappa shape index (κ1) is 29.0. The van der Waals surface area contributed by atoms with Crippen molar-refractivity contribution < 1.29 is 30.0 Å². The van der Waals surface area contributed by atoms with Gasteiger partial charge >= 0.3 is 5.97 Å². The Labute approximate surface area is 187 Å². The first-order chi connectivity index (χ1) is 15.0. The molecule has 0 aliphatic heterocycles. The summed E-state index contributed by atoms with van der Waals surface area (Å²) >= 11 is 0. The highest BCUT2D eigenvalue weighted by molar-refractivity contribution is 5.69. The predicted molar refractivity (Wildman–Crippen MR) is 124 cm³/mol. The number of carbonyl (C=O) groups is 1. The number of aliphatic hydroxyl groups is 4. The van der Waals surface area contributed by atoms with Crippen LogP contribution < -0.4 is 0 Å². The van der Waals surface area contributed by atoms with Crippen LogP contribution in [0.25, 0.3) is 0 Å². The number of carbonyl (C=O) groups excluding carboxylic acids is 1. The van der Waals surface area contributed by atoms with E-state index in [9.17, 15) is 15.0 Å². The molecular formula is C25H40O6. The van der Waals surface area contributed by atoms with E-state index >= 15 is 0 Å². The van der Waals surface area contributed by atoms with Gasteiger partial charge in [0, 0.05) is 6.42 Å². The Kier molecular flexibility index (Phi) is 19.9. The SMILES string of the molecule is CCC(O)/C=C/C=C\C=C\C(O)C/C=C\C/C=C\CCCCCC(=O)OCC(O)CO. The minimum absolute atomic E-state index is 0.154. The van der Waals surface area contributed by atoms with Gasteiger partial charge in [-0.3, -0.25) is 4.79 Å². The van der Waals surface area contributed by atoms with Crippen molar-refractivity contribution in [2.45, 2.75) is 76.6 Å². The van der Waals surface area contributed by atoms with Gasteiger partial charge in [0.1, 0.15) is 12.7 Å². The minimum Gasteiger partial charge on any atom is -0.463 e. The van der Waals surface area contributed by atoms with Crippen molar-refractivity contribution >= 4 is 5.97 Å². The number of rotatable bonds is 18. The summed E-state index contributed by atoms with van der Waals surface area (Å²) in [6, 6.07) is 0. The smallest absolute Gasteiger partial charge is 0.305 e. The van der Waals surface area contributed by atoms with Crippen molar-refractivity contribution in [1.82, 2.24) is 0 Å². The van der Waals surface area contributed by atoms with E-state index in [1.807, 2.05) is 31.2 Å². The van der Waals surface area contributed by atoms with E-state index in [2.05, 4.69) is 12.2 Å². The third-order valence-corrected chi connectivity index (χ3v) is 4.30. The zero-order chi connectivity index (χ0) is 23.2. The number of unbranched alkanes of at least 4 members (excludes halogenated alkanes) is 3. The van der Waals surface area contributed by atoms with E-state index in [1.165, 1.54) is 0 Å². The molecule has 0 aliphatic carbocycles. The third kappa shape index (κ3) is 21.0. The summed E-state index contributed by atoms with van der Waals surface area (Å²) in [7, 11) is 0. The zero-order valence-electron chi connectivity index (χ0n) is 18.7. The topological polar surface area (TPSA) is 107 Å². The Balaban J connectivity index is 3.68. The van der Waals surface area contributed by atoms with E-state index in [0.717, 1.165) is 32.1 Å². The molecule has 0 fully saturated rings. The van der Waals surface area contributed by atoms with Gasteiger partial charge in [-0.15, -0.1) is 0 Å². The fraction of sp³-hybridized carbons (Fsp3) is 0.560. The lowest BCUT2D eigenvalue weighted by Crippen LogP contribution is -2.21. The van der Waals surface area contributed by atoms with Gasteiger partial charge in [0.05, 0.1) is 18.8 Å². The Hall–Kier alpha value is -1.99. The maximum atomic E-state index is 11.4. The van der Waals surface area contributed by atoms with Crippen molar-refractivity contribution in [3.8, 4) is 0 Å². The summed E-state index contributed by atoms with van der Waals surface area (Å²) in [5.41, 5.74) is 0. The molecule has 4 N–H and O–H groups in total. The van der Waals surface area contributed by atoms with E-state index in [-0.39, 0.29) is 12.6 Å². The summed E-state index contributed by atoms with van der Waals surface area (Å²) in [5.74, 6) is -0.343. The van der Waals surface area contributed by atoms with Crippen LogP contribution in [0.15, 0.2) is 60.8 Å². The molecule has 3 atom stereocenters. The molecule has 0 saturated carbocycles. The number of esters is 1. The highest BCUT2D eigenvalue weighted by atomic mass is 16.5. The van der Waals surface area contributed by atoms with Crippen LogP contribution in [-0.2, 0) is 9.53 Å². The standard InChI is InChI=1S/C25H40O6/c1-2-22(27)16-12-10-11-14-18-23(28)17-13-8-6-4-3-5-7-9-15-19-25(30)31-21-24(29)20-26/h3-4,8,10-14,16,18,22-24,26-29H,2,5-7,9,15,17,19-21H2,1H3/b4-3-,11-10-,13-8-,16-12+,18-14+. The van der Waals surface area contributed by atoms with Crippen LogP contribution in [0.3, 0.4) is 0 Å². The van der Waals surface area contributed by atoms with Gasteiger partial charge in [0.2, 0.25) is 0 Å². The number of hydrogen-bond acceptors (Lipinski definition) is 6. The second-order valence-corrected chi connectivity index (χ2v) is 7.23. The van der Waals surface area contributed by atoms with Crippen LogP contribution in [-0.4, -0.2) is 57.9 Å². The van der Waals surface area contributed by atoms with Gasteiger partial charge in [-0.05, 0) is 38.5 Å². The van der Waals surface area contributed by atoms with Gasteiger partial charge in [0.15, 0.2) is 0 Å². The maximum Gasteiger partial charge on any atom is 0.305 e. The summed E-state index contributed by atoms with van der Waals surface area (Å²) in [6.07, 6.45) is 23.0. The fourth-order valence-corrected chi connectivity index (χ4v) is 2.37. The van der Waals surface area contributed by atoms with Crippen molar-refractivity contribution in [2.24, 2.45) is 0 Å².